The van der Waals surface area contributed by atoms with Gasteiger partial charge in [0.1, 0.15) is 0 Å². The summed E-state index contributed by atoms with van der Waals surface area (Å²) in [5, 5.41) is 0.900. The number of hydrogen-bond acceptors (Lipinski definition) is 2. The van der Waals surface area contributed by atoms with Gasteiger partial charge in [0, 0.05) is 5.25 Å². The van der Waals surface area contributed by atoms with E-state index in [9.17, 15) is 0 Å². The zero-order valence-electron chi connectivity index (χ0n) is 8.64. The van der Waals surface area contributed by atoms with E-state index in [0.29, 0.717) is 0 Å². The highest BCUT2D eigenvalue weighted by molar-refractivity contribution is 8.76. The molecule has 0 nitrogen and oxygen atoms in total. The summed E-state index contributed by atoms with van der Waals surface area (Å²) in [5.41, 5.74) is 0. The smallest absolute Gasteiger partial charge is 0.0148 e. The predicted octanol–water partition coefficient (Wildman–Crippen LogP) is 4.75. The highest BCUT2D eigenvalue weighted by Gasteiger charge is 2.04. The van der Waals surface area contributed by atoms with Crippen LogP contribution in [0.1, 0.15) is 52.4 Å². The first kappa shape index (κ1) is 12.7. The fraction of sp³-hybridized carbons (Fsp3) is 1.00. The van der Waals surface area contributed by atoms with Crippen LogP contribution in [0.3, 0.4) is 0 Å². The second kappa shape index (κ2) is 9.79. The maximum absolute atomic E-state index is 2.30. The van der Waals surface area contributed by atoms with Crippen molar-refractivity contribution < 1.29 is 0 Å². The summed E-state index contributed by atoms with van der Waals surface area (Å²) in [4.78, 5) is 0. The van der Waals surface area contributed by atoms with E-state index < -0.39 is 0 Å². The Morgan fingerprint density at radius 1 is 1.08 bits per heavy atom. The molecule has 0 heterocycles. The van der Waals surface area contributed by atoms with Gasteiger partial charge in [-0.25, -0.2) is 0 Å². The second-order valence-electron chi connectivity index (χ2n) is 3.14. The van der Waals surface area contributed by atoms with Gasteiger partial charge in [-0.05, 0) is 19.1 Å². The third kappa shape index (κ3) is 7.35. The Morgan fingerprint density at radius 2 is 1.83 bits per heavy atom. The van der Waals surface area contributed by atoms with Gasteiger partial charge in [0.25, 0.3) is 0 Å². The third-order valence-corrected chi connectivity index (χ3v) is 4.49. The molecule has 1 atom stereocenters. The van der Waals surface area contributed by atoms with Gasteiger partial charge in [-0.2, -0.15) is 0 Å². The van der Waals surface area contributed by atoms with E-state index in [1.807, 2.05) is 10.8 Å². The molecule has 0 amide bonds. The van der Waals surface area contributed by atoms with Crippen molar-refractivity contribution in [1.82, 2.24) is 0 Å². The van der Waals surface area contributed by atoms with Gasteiger partial charge in [0.05, 0.1) is 0 Å². The highest BCUT2D eigenvalue weighted by atomic mass is 33.1. The van der Waals surface area contributed by atoms with Crippen LogP contribution in [-0.4, -0.2) is 11.5 Å². The fourth-order valence-corrected chi connectivity index (χ4v) is 3.44. The molecular weight excluding hydrogens is 184 g/mol. The normalized spacial score (nSPS) is 13.2. The van der Waals surface area contributed by atoms with Crippen molar-refractivity contribution in [2.45, 2.75) is 57.6 Å². The molecule has 0 aromatic rings. The Balaban J connectivity index is 3.19. The van der Waals surface area contributed by atoms with Crippen molar-refractivity contribution in [3.63, 3.8) is 0 Å². The lowest BCUT2D eigenvalue weighted by Gasteiger charge is -2.11. The van der Waals surface area contributed by atoms with Crippen LogP contribution in [0.15, 0.2) is 0 Å². The van der Waals surface area contributed by atoms with E-state index in [4.69, 9.17) is 0 Å². The lowest BCUT2D eigenvalue weighted by atomic mass is 10.1. The van der Waals surface area contributed by atoms with E-state index in [2.05, 4.69) is 30.9 Å². The van der Waals surface area contributed by atoms with Crippen LogP contribution in [-0.2, 0) is 0 Å². The summed E-state index contributed by atoms with van der Waals surface area (Å²) in [6, 6.07) is 0. The van der Waals surface area contributed by atoms with Crippen molar-refractivity contribution >= 4 is 21.6 Å². The molecule has 12 heavy (non-hydrogen) atoms. The Kier molecular flexibility index (Phi) is 10.4. The fourth-order valence-electron chi connectivity index (χ4n) is 1.26. The van der Waals surface area contributed by atoms with Gasteiger partial charge in [0.15, 0.2) is 0 Å². The van der Waals surface area contributed by atoms with E-state index in [-0.39, 0.29) is 0 Å². The summed E-state index contributed by atoms with van der Waals surface area (Å²) in [6.07, 6.45) is 10.6. The molecule has 1 unspecified atom stereocenters. The zero-order chi connectivity index (χ0) is 9.23. The molecule has 0 saturated carbocycles. The van der Waals surface area contributed by atoms with Crippen LogP contribution in [0.2, 0.25) is 0 Å². The van der Waals surface area contributed by atoms with Crippen LogP contribution in [0.25, 0.3) is 0 Å². The first-order valence-corrected chi connectivity index (χ1v) is 7.66. The minimum absolute atomic E-state index is 0.900. The maximum atomic E-state index is 2.30. The molecule has 0 N–H and O–H groups in total. The SMILES string of the molecule is CCCCCCC(CC)SSC. The van der Waals surface area contributed by atoms with Crippen molar-refractivity contribution in [2.75, 3.05) is 6.26 Å². The van der Waals surface area contributed by atoms with Gasteiger partial charge in [-0.1, -0.05) is 61.1 Å². The Bertz CT molecular complexity index is 83.9. The molecule has 0 aromatic carbocycles. The number of hydrogen-bond donors (Lipinski definition) is 0. The summed E-state index contributed by atoms with van der Waals surface area (Å²) in [7, 11) is 3.97. The molecule has 0 bridgehead atoms. The summed E-state index contributed by atoms with van der Waals surface area (Å²) >= 11 is 0. The number of unbranched alkanes of at least 4 members (excludes halogenated alkanes) is 3. The van der Waals surface area contributed by atoms with Gasteiger partial charge in [0.2, 0.25) is 0 Å². The van der Waals surface area contributed by atoms with Crippen LogP contribution in [0.5, 0.6) is 0 Å². The monoisotopic (exact) mass is 206 g/mol. The summed E-state index contributed by atoms with van der Waals surface area (Å²) in [6.45, 7) is 4.57. The van der Waals surface area contributed by atoms with Crippen LogP contribution in [0, 0.1) is 0 Å². The van der Waals surface area contributed by atoms with E-state index in [1.165, 1.54) is 38.5 Å². The molecule has 0 saturated heterocycles. The van der Waals surface area contributed by atoms with Crippen LogP contribution >= 0.6 is 21.6 Å². The topological polar surface area (TPSA) is 0 Å². The Labute approximate surface area is 85.7 Å². The average molecular weight is 206 g/mol. The molecular formula is C10H22S2. The third-order valence-electron chi connectivity index (χ3n) is 2.07. The lowest BCUT2D eigenvalue weighted by Crippen LogP contribution is -1.98. The quantitative estimate of drug-likeness (QED) is 0.415. The van der Waals surface area contributed by atoms with Gasteiger partial charge < -0.3 is 0 Å². The van der Waals surface area contributed by atoms with Crippen LogP contribution < -0.4 is 0 Å². The Morgan fingerprint density at radius 3 is 2.33 bits per heavy atom. The van der Waals surface area contributed by atoms with Crippen molar-refractivity contribution in [3.05, 3.63) is 0 Å². The average Bonchev–Trinajstić information content (AvgIpc) is 2.10. The van der Waals surface area contributed by atoms with Gasteiger partial charge >= 0.3 is 0 Å². The van der Waals surface area contributed by atoms with Crippen molar-refractivity contribution in [1.29, 1.82) is 0 Å². The molecule has 0 aliphatic carbocycles. The van der Waals surface area contributed by atoms with Crippen LogP contribution in [0.4, 0.5) is 0 Å². The highest BCUT2D eigenvalue weighted by Crippen LogP contribution is 2.29. The molecule has 0 rings (SSSR count). The molecule has 0 aliphatic heterocycles. The first-order chi connectivity index (χ1) is 5.85. The maximum Gasteiger partial charge on any atom is 0.0148 e. The molecule has 0 aromatic heterocycles. The first-order valence-electron chi connectivity index (χ1n) is 5.04. The van der Waals surface area contributed by atoms with Gasteiger partial charge in [-0.15, -0.1) is 0 Å². The molecule has 74 valence electrons. The summed E-state index contributed by atoms with van der Waals surface area (Å²) < 4.78 is 0. The van der Waals surface area contributed by atoms with E-state index in [1.54, 1.807) is 0 Å². The largest absolute Gasteiger partial charge is 0.0973 e. The van der Waals surface area contributed by atoms with E-state index in [0.717, 1.165) is 5.25 Å². The minimum atomic E-state index is 0.900. The number of rotatable bonds is 8. The standard InChI is InChI=1S/C10H22S2/c1-4-6-7-8-9-10(5-2)12-11-3/h10H,4-9H2,1-3H3. The molecule has 0 radical (unpaired) electrons. The Hall–Kier alpha value is 0.700. The molecule has 2 heteroatoms. The molecule has 0 spiro atoms. The lowest BCUT2D eigenvalue weighted by molar-refractivity contribution is 0.612. The van der Waals surface area contributed by atoms with Crippen molar-refractivity contribution in [3.8, 4) is 0 Å². The molecule has 0 aliphatic rings. The summed E-state index contributed by atoms with van der Waals surface area (Å²) in [5.74, 6) is 0. The van der Waals surface area contributed by atoms with Gasteiger partial charge in [-0.3, -0.25) is 0 Å². The van der Waals surface area contributed by atoms with Crippen molar-refractivity contribution in [2.24, 2.45) is 0 Å². The second-order valence-corrected chi connectivity index (χ2v) is 5.91. The molecule has 0 fully saturated rings. The minimum Gasteiger partial charge on any atom is -0.0973 e. The zero-order valence-corrected chi connectivity index (χ0v) is 10.3. The van der Waals surface area contributed by atoms with E-state index >= 15 is 0 Å². The predicted molar refractivity (Wildman–Crippen MR) is 63.9 cm³/mol.